The van der Waals surface area contributed by atoms with E-state index in [2.05, 4.69) is 29.1 Å². The second kappa shape index (κ2) is 12.4. The molecule has 1 heterocycles. The first-order chi connectivity index (χ1) is 18.4. The van der Waals surface area contributed by atoms with Gasteiger partial charge >= 0.3 is 0 Å². The van der Waals surface area contributed by atoms with Crippen molar-refractivity contribution in [2.24, 2.45) is 4.99 Å². The van der Waals surface area contributed by atoms with E-state index in [1.807, 2.05) is 36.4 Å². The number of hydrogen-bond acceptors (Lipinski definition) is 6. The van der Waals surface area contributed by atoms with Crippen LogP contribution in [0.3, 0.4) is 0 Å². The quantitative estimate of drug-likeness (QED) is 0.0874. The molecule has 4 aromatic rings. The third-order valence-electron chi connectivity index (χ3n) is 6.40. The van der Waals surface area contributed by atoms with Gasteiger partial charge in [0.25, 0.3) is 0 Å². The average molecular weight is 528 g/mol. The monoisotopic (exact) mass is 527 g/mol. The van der Waals surface area contributed by atoms with Gasteiger partial charge in [0, 0.05) is 46.2 Å². The second-order valence-electron chi connectivity index (χ2n) is 9.08. The van der Waals surface area contributed by atoms with Crippen LogP contribution in [0.4, 0.5) is 5.69 Å². The van der Waals surface area contributed by atoms with Crippen molar-refractivity contribution in [3.63, 3.8) is 0 Å². The molecule has 0 radical (unpaired) electrons. The molecule has 38 heavy (non-hydrogen) atoms. The van der Waals surface area contributed by atoms with Crippen LogP contribution in [0, 0.1) is 0 Å². The zero-order valence-electron chi connectivity index (χ0n) is 21.4. The van der Waals surface area contributed by atoms with Crippen molar-refractivity contribution < 1.29 is 15.0 Å². The van der Waals surface area contributed by atoms with Crippen molar-refractivity contribution in [2.75, 3.05) is 18.4 Å². The molecule has 3 N–H and O–H groups in total. The summed E-state index contributed by atoms with van der Waals surface area (Å²) in [6, 6.07) is 17.4. The van der Waals surface area contributed by atoms with Crippen LogP contribution in [-0.2, 0) is 0 Å². The molecule has 6 nitrogen and oxygen atoms in total. The number of carbonyl (C=O) groups excluding carboxylic acids is 1. The number of rotatable bonds is 10. The van der Waals surface area contributed by atoms with E-state index in [0.29, 0.717) is 29.2 Å². The summed E-state index contributed by atoms with van der Waals surface area (Å²) in [5.74, 6) is 0.282. The predicted molar refractivity (Wildman–Crippen MR) is 156 cm³/mol. The van der Waals surface area contributed by atoms with E-state index in [4.69, 9.17) is 11.6 Å². The topological polar surface area (TPSA) is 94.8 Å². The Balaban J connectivity index is 1.48. The minimum absolute atomic E-state index is 0.112. The normalized spacial score (nSPS) is 12.4. The molecule has 0 amide bonds. The van der Waals surface area contributed by atoms with E-state index >= 15 is 0 Å². The first-order valence-corrected chi connectivity index (χ1v) is 12.9. The lowest BCUT2D eigenvalue weighted by atomic mass is 9.93. The Kier molecular flexibility index (Phi) is 8.77. The highest BCUT2D eigenvalue weighted by molar-refractivity contribution is 6.31. The fourth-order valence-corrected chi connectivity index (χ4v) is 4.25. The van der Waals surface area contributed by atoms with Crippen LogP contribution in [0.5, 0.6) is 11.5 Å². The summed E-state index contributed by atoms with van der Waals surface area (Å²) < 4.78 is 0. The average Bonchev–Trinajstić information content (AvgIpc) is 2.92. The summed E-state index contributed by atoms with van der Waals surface area (Å²) in [7, 11) is 0. The number of hydrogen-bond donors (Lipinski definition) is 3. The van der Waals surface area contributed by atoms with Gasteiger partial charge in [0.1, 0.15) is 11.5 Å². The fraction of sp³-hybridized carbons (Fsp3) is 0.194. The number of nitrogens with one attached hydrogen (secondary N) is 1. The predicted octanol–water partition coefficient (Wildman–Crippen LogP) is 7.24. The largest absolute Gasteiger partial charge is 0.508 e. The molecule has 0 saturated heterocycles. The van der Waals surface area contributed by atoms with E-state index in [-0.39, 0.29) is 23.2 Å². The smallest absolute Gasteiger partial charge is 0.185 e. The van der Waals surface area contributed by atoms with Gasteiger partial charge in [-0.2, -0.15) is 0 Å². The summed E-state index contributed by atoms with van der Waals surface area (Å²) in [6.07, 6.45) is 7.51. The molecular weight excluding hydrogens is 498 g/mol. The first kappa shape index (κ1) is 26.9. The van der Waals surface area contributed by atoms with E-state index in [0.717, 1.165) is 34.1 Å². The maximum atomic E-state index is 12.6. The Labute approximate surface area is 227 Å². The van der Waals surface area contributed by atoms with Gasteiger partial charge < -0.3 is 15.5 Å². The number of ketones is 1. The van der Waals surface area contributed by atoms with Gasteiger partial charge in [0.15, 0.2) is 5.78 Å². The number of carbonyl (C=O) groups is 1. The van der Waals surface area contributed by atoms with Gasteiger partial charge in [-0.15, -0.1) is 0 Å². The molecule has 0 aliphatic heterocycles. The van der Waals surface area contributed by atoms with E-state index in [1.54, 1.807) is 30.6 Å². The minimum Gasteiger partial charge on any atom is -0.508 e. The number of benzene rings is 3. The maximum absolute atomic E-state index is 12.6. The number of nitrogens with zero attached hydrogens (tertiary/aromatic N) is 2. The molecule has 0 fully saturated rings. The van der Waals surface area contributed by atoms with E-state index in [1.165, 1.54) is 18.2 Å². The number of phenols is 2. The maximum Gasteiger partial charge on any atom is 0.185 e. The number of aromatic nitrogens is 1. The van der Waals surface area contributed by atoms with Crippen LogP contribution in [0.15, 0.2) is 77.9 Å². The van der Waals surface area contributed by atoms with Gasteiger partial charge in [0.05, 0.1) is 12.1 Å². The van der Waals surface area contributed by atoms with Crippen LogP contribution >= 0.6 is 11.6 Å². The van der Waals surface area contributed by atoms with Crippen LogP contribution in [0.2, 0.25) is 5.02 Å². The third-order valence-corrected chi connectivity index (χ3v) is 6.64. The SMILES string of the molecule is CCC(C)c1cc(/C=C/C(=O)c2ccc(O)cc2)cc(C=NCCNc2ccnc3cc(Cl)ccc23)c1O. The lowest BCUT2D eigenvalue weighted by Crippen LogP contribution is -2.06. The van der Waals surface area contributed by atoms with Crippen LogP contribution in [-0.4, -0.2) is 40.3 Å². The Morgan fingerprint density at radius 2 is 1.89 bits per heavy atom. The van der Waals surface area contributed by atoms with Crippen molar-refractivity contribution in [2.45, 2.75) is 26.2 Å². The standard InChI is InChI=1S/C31H30ClN3O3/c1-3-20(2)27-17-21(4-11-30(37)22-5-8-25(36)9-6-22)16-23(31(27)38)19-33-14-15-35-28-12-13-34-29-18-24(32)7-10-26(28)29/h4-13,16-20,36,38H,3,14-15H2,1-2H3,(H,34,35)/b11-4+,33-19?. The van der Waals surface area contributed by atoms with Crippen molar-refractivity contribution >= 4 is 46.3 Å². The molecular formula is C31H30ClN3O3. The first-order valence-electron chi connectivity index (χ1n) is 12.5. The highest BCUT2D eigenvalue weighted by Crippen LogP contribution is 2.32. The fourth-order valence-electron chi connectivity index (χ4n) is 4.08. The van der Waals surface area contributed by atoms with Gasteiger partial charge in [-0.25, -0.2) is 0 Å². The van der Waals surface area contributed by atoms with Crippen LogP contribution in [0.25, 0.3) is 17.0 Å². The Hall–Kier alpha value is -4.16. The van der Waals surface area contributed by atoms with E-state index < -0.39 is 0 Å². The van der Waals surface area contributed by atoms with Gasteiger partial charge in [0.2, 0.25) is 0 Å². The number of pyridine rings is 1. The number of allylic oxidation sites excluding steroid dienone is 1. The van der Waals surface area contributed by atoms with Crippen LogP contribution in [0.1, 0.15) is 53.2 Å². The highest BCUT2D eigenvalue weighted by atomic mass is 35.5. The zero-order chi connectivity index (χ0) is 27.1. The Bertz CT molecular complexity index is 1500. The van der Waals surface area contributed by atoms with Crippen molar-refractivity contribution in [3.05, 3.63) is 100 Å². The lowest BCUT2D eigenvalue weighted by Gasteiger charge is -2.14. The minimum atomic E-state index is -0.171. The summed E-state index contributed by atoms with van der Waals surface area (Å²) in [5, 5.41) is 25.4. The van der Waals surface area contributed by atoms with Crippen LogP contribution < -0.4 is 5.32 Å². The van der Waals surface area contributed by atoms with E-state index in [9.17, 15) is 15.0 Å². The zero-order valence-corrected chi connectivity index (χ0v) is 22.1. The lowest BCUT2D eigenvalue weighted by molar-refractivity contribution is 0.104. The number of aliphatic imine (C=N–C) groups is 1. The van der Waals surface area contributed by atoms with Crippen molar-refractivity contribution in [3.8, 4) is 11.5 Å². The molecule has 0 bridgehead atoms. The molecule has 1 unspecified atom stereocenters. The number of halogens is 1. The number of anilines is 1. The van der Waals surface area contributed by atoms with Gasteiger partial charge in [-0.3, -0.25) is 14.8 Å². The molecule has 0 aliphatic carbocycles. The number of aromatic hydroxyl groups is 2. The molecule has 1 aromatic heterocycles. The summed E-state index contributed by atoms with van der Waals surface area (Å²) >= 11 is 6.08. The Morgan fingerprint density at radius 1 is 1.11 bits per heavy atom. The molecule has 4 rings (SSSR count). The molecule has 1 atom stereocenters. The van der Waals surface area contributed by atoms with Crippen molar-refractivity contribution in [1.29, 1.82) is 0 Å². The second-order valence-corrected chi connectivity index (χ2v) is 9.52. The summed E-state index contributed by atoms with van der Waals surface area (Å²) in [5.41, 5.74) is 4.47. The molecule has 0 aliphatic rings. The third kappa shape index (κ3) is 6.58. The highest BCUT2D eigenvalue weighted by Gasteiger charge is 2.13. The number of fused-ring (bicyclic) bond motifs is 1. The molecule has 0 saturated carbocycles. The van der Waals surface area contributed by atoms with Crippen molar-refractivity contribution in [1.82, 2.24) is 4.98 Å². The Morgan fingerprint density at radius 3 is 2.66 bits per heavy atom. The summed E-state index contributed by atoms with van der Waals surface area (Å²) in [6.45, 7) is 5.21. The van der Waals surface area contributed by atoms with Gasteiger partial charge in [-0.1, -0.05) is 31.5 Å². The molecule has 7 heteroatoms. The molecule has 194 valence electrons. The summed E-state index contributed by atoms with van der Waals surface area (Å²) in [4.78, 5) is 21.4. The van der Waals surface area contributed by atoms with Gasteiger partial charge in [-0.05, 0) is 90.2 Å². The molecule has 0 spiro atoms. The number of phenolic OH excluding ortho intramolecular Hbond substituents is 2. The molecule has 3 aromatic carbocycles.